The van der Waals surface area contributed by atoms with Crippen molar-refractivity contribution < 1.29 is 23.1 Å². The minimum Gasteiger partial charge on any atom is -0.469 e. The summed E-state index contributed by atoms with van der Waals surface area (Å²) in [7, 11) is 1.27. The van der Waals surface area contributed by atoms with Crippen LogP contribution in [-0.2, 0) is 16.0 Å². The molecular formula is C19H19F2NO3. The van der Waals surface area contributed by atoms with Crippen LogP contribution in [0.2, 0.25) is 0 Å². The van der Waals surface area contributed by atoms with Gasteiger partial charge in [0, 0.05) is 13.1 Å². The van der Waals surface area contributed by atoms with Crippen LogP contribution < -0.4 is 0 Å². The first-order chi connectivity index (χ1) is 12.0. The molecule has 0 bridgehead atoms. The zero-order valence-corrected chi connectivity index (χ0v) is 13.9. The lowest BCUT2D eigenvalue weighted by Gasteiger charge is -2.22. The van der Waals surface area contributed by atoms with Gasteiger partial charge in [0.25, 0.3) is 5.91 Å². The molecule has 132 valence electrons. The summed E-state index contributed by atoms with van der Waals surface area (Å²) in [5.74, 6) is -1.90. The molecule has 25 heavy (non-hydrogen) atoms. The zero-order chi connectivity index (χ0) is 18.2. The fourth-order valence-electron chi connectivity index (χ4n) is 2.36. The molecule has 0 N–H and O–H groups in total. The zero-order valence-electron chi connectivity index (χ0n) is 13.9. The summed E-state index contributed by atoms with van der Waals surface area (Å²) in [4.78, 5) is 25.4. The molecule has 4 nitrogen and oxygen atoms in total. The molecule has 0 saturated carbocycles. The standard InChI is InChI=1S/C19H19F2NO3/c1-25-18(23)11-13-22(12-10-14-6-8-15(20)9-7-14)19(24)16-4-2-3-5-17(16)21/h2-9H,10-13H2,1H3. The molecule has 2 aromatic carbocycles. The molecule has 0 radical (unpaired) electrons. The molecule has 0 aliphatic heterocycles. The fraction of sp³-hybridized carbons (Fsp3) is 0.263. The van der Waals surface area contributed by atoms with Crippen LogP contribution in [0.1, 0.15) is 22.3 Å². The Bertz CT molecular complexity index is 732. The third kappa shape index (κ3) is 5.38. The van der Waals surface area contributed by atoms with Crippen molar-refractivity contribution >= 4 is 11.9 Å². The first kappa shape index (κ1) is 18.6. The van der Waals surface area contributed by atoms with Gasteiger partial charge in [-0.2, -0.15) is 0 Å². The summed E-state index contributed by atoms with van der Waals surface area (Å²) in [6, 6.07) is 11.6. The molecule has 0 heterocycles. The lowest BCUT2D eigenvalue weighted by atomic mass is 10.1. The van der Waals surface area contributed by atoms with E-state index in [0.29, 0.717) is 6.42 Å². The average Bonchev–Trinajstić information content (AvgIpc) is 2.62. The molecule has 1 amide bonds. The van der Waals surface area contributed by atoms with E-state index in [1.165, 1.54) is 42.3 Å². The Morgan fingerprint density at radius 2 is 1.68 bits per heavy atom. The minimum absolute atomic E-state index is 0.0140. The maximum absolute atomic E-state index is 13.9. The van der Waals surface area contributed by atoms with Gasteiger partial charge in [-0.25, -0.2) is 8.78 Å². The second kappa shape index (κ2) is 8.92. The lowest BCUT2D eigenvalue weighted by Crippen LogP contribution is -2.35. The molecule has 0 aromatic heterocycles. The number of ether oxygens (including phenoxy) is 1. The normalized spacial score (nSPS) is 10.4. The smallest absolute Gasteiger partial charge is 0.307 e. The van der Waals surface area contributed by atoms with Gasteiger partial charge in [0.15, 0.2) is 0 Å². The largest absolute Gasteiger partial charge is 0.469 e. The van der Waals surface area contributed by atoms with Gasteiger partial charge in [-0.3, -0.25) is 9.59 Å². The number of amides is 1. The summed E-state index contributed by atoms with van der Waals surface area (Å²) < 4.78 is 31.5. The van der Waals surface area contributed by atoms with Crippen molar-refractivity contribution in [2.45, 2.75) is 12.8 Å². The second-order valence-electron chi connectivity index (χ2n) is 5.47. The van der Waals surface area contributed by atoms with Gasteiger partial charge in [0.05, 0.1) is 19.1 Å². The highest BCUT2D eigenvalue weighted by Crippen LogP contribution is 2.12. The number of halogens is 2. The Morgan fingerprint density at radius 3 is 2.32 bits per heavy atom. The third-order valence-corrected chi connectivity index (χ3v) is 3.79. The van der Waals surface area contributed by atoms with Gasteiger partial charge in [0.2, 0.25) is 0 Å². The van der Waals surface area contributed by atoms with E-state index in [0.717, 1.165) is 5.56 Å². The SMILES string of the molecule is COC(=O)CCN(CCc1ccc(F)cc1)C(=O)c1ccccc1F. The predicted octanol–water partition coefficient (Wildman–Crippen LogP) is 3.21. The van der Waals surface area contributed by atoms with Crippen molar-refractivity contribution in [2.24, 2.45) is 0 Å². The molecule has 0 unspecified atom stereocenters. The number of esters is 1. The van der Waals surface area contributed by atoms with Gasteiger partial charge in [-0.15, -0.1) is 0 Å². The minimum atomic E-state index is -0.614. The second-order valence-corrected chi connectivity index (χ2v) is 5.47. The Kier molecular flexibility index (Phi) is 6.62. The molecular weight excluding hydrogens is 328 g/mol. The van der Waals surface area contributed by atoms with E-state index in [2.05, 4.69) is 4.74 Å². The number of rotatable bonds is 7. The van der Waals surface area contributed by atoms with Crippen molar-refractivity contribution in [1.82, 2.24) is 4.90 Å². The highest BCUT2D eigenvalue weighted by molar-refractivity contribution is 5.94. The summed E-state index contributed by atoms with van der Waals surface area (Å²) in [6.45, 7) is 0.386. The van der Waals surface area contributed by atoms with E-state index in [4.69, 9.17) is 0 Å². The van der Waals surface area contributed by atoms with Crippen LogP contribution in [0.25, 0.3) is 0 Å². The van der Waals surface area contributed by atoms with E-state index in [1.54, 1.807) is 18.2 Å². The van der Waals surface area contributed by atoms with Crippen molar-refractivity contribution in [3.8, 4) is 0 Å². The van der Waals surface area contributed by atoms with Crippen molar-refractivity contribution in [2.75, 3.05) is 20.2 Å². The van der Waals surface area contributed by atoms with Crippen LogP contribution in [0.4, 0.5) is 8.78 Å². The van der Waals surface area contributed by atoms with Crippen LogP contribution in [-0.4, -0.2) is 37.0 Å². The lowest BCUT2D eigenvalue weighted by molar-refractivity contribution is -0.140. The summed E-state index contributed by atoms with van der Waals surface area (Å²) in [6.07, 6.45) is 0.474. The first-order valence-corrected chi connectivity index (χ1v) is 7.86. The number of nitrogens with zero attached hydrogens (tertiary/aromatic N) is 1. The summed E-state index contributed by atoms with van der Waals surface area (Å²) in [5.41, 5.74) is 0.789. The molecule has 0 fully saturated rings. The van der Waals surface area contributed by atoms with Crippen LogP contribution in [0.3, 0.4) is 0 Å². The van der Waals surface area contributed by atoms with E-state index >= 15 is 0 Å². The van der Waals surface area contributed by atoms with Crippen LogP contribution in [0.5, 0.6) is 0 Å². The van der Waals surface area contributed by atoms with E-state index < -0.39 is 17.7 Å². The molecule has 0 spiro atoms. The number of carbonyl (C=O) groups excluding carboxylic acids is 2. The number of hydrogen-bond acceptors (Lipinski definition) is 3. The molecule has 0 aliphatic rings. The average molecular weight is 347 g/mol. The van der Waals surface area contributed by atoms with Gasteiger partial charge in [-0.05, 0) is 36.2 Å². The number of benzene rings is 2. The predicted molar refractivity (Wildman–Crippen MR) is 89.0 cm³/mol. The number of carbonyl (C=O) groups is 2. The number of hydrogen-bond donors (Lipinski definition) is 0. The van der Waals surface area contributed by atoms with Gasteiger partial charge < -0.3 is 9.64 Å². The monoisotopic (exact) mass is 347 g/mol. The Morgan fingerprint density at radius 1 is 1.00 bits per heavy atom. The van der Waals surface area contributed by atoms with Gasteiger partial charge in [-0.1, -0.05) is 24.3 Å². The van der Waals surface area contributed by atoms with Gasteiger partial charge in [0.1, 0.15) is 11.6 Å². The van der Waals surface area contributed by atoms with Crippen molar-refractivity contribution in [3.05, 3.63) is 71.3 Å². The van der Waals surface area contributed by atoms with Gasteiger partial charge >= 0.3 is 5.97 Å². The summed E-state index contributed by atoms with van der Waals surface area (Å²) in [5, 5.41) is 0. The first-order valence-electron chi connectivity index (χ1n) is 7.86. The molecule has 2 aromatic rings. The number of methoxy groups -OCH3 is 1. The molecule has 0 saturated heterocycles. The van der Waals surface area contributed by atoms with Crippen LogP contribution in [0.15, 0.2) is 48.5 Å². The highest BCUT2D eigenvalue weighted by atomic mass is 19.1. The maximum atomic E-state index is 13.9. The third-order valence-electron chi connectivity index (χ3n) is 3.79. The molecule has 6 heteroatoms. The van der Waals surface area contributed by atoms with Crippen molar-refractivity contribution in [1.29, 1.82) is 0 Å². The Labute approximate surface area is 145 Å². The molecule has 0 aliphatic carbocycles. The molecule has 0 atom stereocenters. The topological polar surface area (TPSA) is 46.6 Å². The quantitative estimate of drug-likeness (QED) is 0.723. The van der Waals surface area contributed by atoms with E-state index in [-0.39, 0.29) is 30.9 Å². The van der Waals surface area contributed by atoms with Crippen LogP contribution in [0, 0.1) is 11.6 Å². The fourth-order valence-corrected chi connectivity index (χ4v) is 2.36. The van der Waals surface area contributed by atoms with E-state index in [9.17, 15) is 18.4 Å². The Balaban J connectivity index is 2.11. The summed E-state index contributed by atoms with van der Waals surface area (Å²) >= 11 is 0. The maximum Gasteiger partial charge on any atom is 0.307 e. The Hall–Kier alpha value is -2.76. The van der Waals surface area contributed by atoms with Crippen molar-refractivity contribution in [3.63, 3.8) is 0 Å². The van der Waals surface area contributed by atoms with Crippen LogP contribution >= 0.6 is 0 Å². The highest BCUT2D eigenvalue weighted by Gasteiger charge is 2.20. The van der Waals surface area contributed by atoms with E-state index in [1.807, 2.05) is 0 Å². The molecule has 2 rings (SSSR count).